The maximum Gasteiger partial charge on any atom is 0.216 e. The molecule has 0 spiro atoms. The summed E-state index contributed by atoms with van der Waals surface area (Å²) < 4.78 is 17.2. The molecule has 0 aliphatic rings. The van der Waals surface area contributed by atoms with E-state index in [0.29, 0.717) is 17.5 Å². The summed E-state index contributed by atoms with van der Waals surface area (Å²) in [6, 6.07) is 38.1. The SMILES string of the molecule is CCC(C)c1cc(C)cc(C(C)CC)c1-n1c(-c2[c-]cccc2)nc2ccccc21.[2H]C(C)(C)c1cc(-c2[c-]ccc3c2oc2nc(C)ccc23)ncc1[Si](C)(C)C.[Ir]. The van der Waals surface area contributed by atoms with Crippen molar-refractivity contribution in [1.29, 1.82) is 0 Å². The topological polar surface area (TPSA) is 56.7 Å². The van der Waals surface area contributed by atoms with Gasteiger partial charge < -0.3 is 14.0 Å². The Labute approximate surface area is 361 Å². The van der Waals surface area contributed by atoms with Crippen LogP contribution >= 0.6 is 0 Å². The zero-order chi connectivity index (χ0) is 41.5. The zero-order valence-electron chi connectivity index (χ0n) is 36.8. The average molecular weight is 962 g/mol. The van der Waals surface area contributed by atoms with Gasteiger partial charge in [0.05, 0.1) is 30.5 Å². The monoisotopic (exact) mass is 962 g/mol. The number of furan rings is 1. The van der Waals surface area contributed by atoms with E-state index in [2.05, 4.69) is 131 Å². The number of imidazole rings is 1. The Balaban J connectivity index is 0.000000195. The molecule has 7 heteroatoms. The van der Waals surface area contributed by atoms with Crippen LogP contribution in [-0.4, -0.2) is 27.6 Å². The molecule has 0 saturated carbocycles. The Morgan fingerprint density at radius 1 is 0.776 bits per heavy atom. The Kier molecular flexibility index (Phi) is 12.6. The summed E-state index contributed by atoms with van der Waals surface area (Å²) in [7, 11) is -1.62. The fourth-order valence-electron chi connectivity index (χ4n) is 7.76. The molecule has 0 aliphatic heterocycles. The van der Waals surface area contributed by atoms with Crippen LogP contribution in [0.2, 0.25) is 19.6 Å². The Morgan fingerprint density at radius 3 is 2.10 bits per heavy atom. The molecule has 0 aliphatic carbocycles. The number of aromatic nitrogens is 4. The van der Waals surface area contributed by atoms with Gasteiger partial charge in [0.1, 0.15) is 0 Å². The van der Waals surface area contributed by atoms with Crippen LogP contribution in [-0.2, 0) is 20.1 Å². The predicted octanol–water partition coefficient (Wildman–Crippen LogP) is 13.6. The largest absolute Gasteiger partial charge is 0.486 e. The van der Waals surface area contributed by atoms with E-state index >= 15 is 0 Å². The first-order valence-corrected chi connectivity index (χ1v) is 23.9. The number of rotatable bonds is 9. The average Bonchev–Trinajstić information content (AvgIpc) is 3.78. The minimum atomic E-state index is -1.62. The third-order valence-electron chi connectivity index (χ3n) is 11.3. The minimum Gasteiger partial charge on any atom is -0.486 e. The summed E-state index contributed by atoms with van der Waals surface area (Å²) in [6.07, 6.45) is 4.18. The van der Waals surface area contributed by atoms with Gasteiger partial charge in [-0.1, -0.05) is 114 Å². The maximum absolute atomic E-state index is 8.68. The van der Waals surface area contributed by atoms with Crippen LogP contribution in [0.15, 0.2) is 102 Å². The molecule has 4 heterocycles. The summed E-state index contributed by atoms with van der Waals surface area (Å²) in [6.45, 7) is 24.2. The Bertz CT molecular complexity index is 2710. The molecule has 2 atom stereocenters. The molecule has 4 aromatic carbocycles. The van der Waals surface area contributed by atoms with Gasteiger partial charge in [0.25, 0.3) is 0 Å². The van der Waals surface area contributed by atoms with E-state index in [1.807, 2.05) is 63.4 Å². The van der Waals surface area contributed by atoms with Crippen molar-refractivity contribution in [2.45, 2.75) is 106 Å². The molecule has 0 N–H and O–H groups in total. The number of para-hydroxylation sites is 2. The maximum atomic E-state index is 8.68. The van der Waals surface area contributed by atoms with Gasteiger partial charge in [0.15, 0.2) is 0 Å². The predicted molar refractivity (Wildman–Crippen MR) is 243 cm³/mol. The van der Waals surface area contributed by atoms with E-state index in [0.717, 1.165) is 74.1 Å². The molecule has 4 aromatic heterocycles. The van der Waals surface area contributed by atoms with Crippen LogP contribution in [0.3, 0.4) is 0 Å². The van der Waals surface area contributed by atoms with Crippen LogP contribution in [0, 0.1) is 26.0 Å². The van der Waals surface area contributed by atoms with Crippen molar-refractivity contribution in [3.05, 3.63) is 137 Å². The molecule has 0 amide bonds. The molecule has 0 fully saturated rings. The molecule has 8 aromatic rings. The van der Waals surface area contributed by atoms with Gasteiger partial charge in [-0.15, -0.1) is 54.1 Å². The van der Waals surface area contributed by atoms with Gasteiger partial charge in [-0.25, -0.2) is 4.98 Å². The molecule has 8 rings (SSSR count). The van der Waals surface area contributed by atoms with E-state index in [-0.39, 0.29) is 20.1 Å². The second-order valence-corrected chi connectivity index (χ2v) is 21.9. The van der Waals surface area contributed by atoms with Crippen LogP contribution in [0.1, 0.15) is 101 Å². The fourth-order valence-corrected chi connectivity index (χ4v) is 9.34. The van der Waals surface area contributed by atoms with Crippen molar-refractivity contribution < 1.29 is 25.9 Å². The Hall–Kier alpha value is -4.68. The summed E-state index contributed by atoms with van der Waals surface area (Å²) >= 11 is 0. The standard InChI is InChI=1S/C28H31N2.C23H25N2OSi.Ir/c1-6-20(4)23-17-19(3)18-24(21(5)7-2)27(23)30-26-16-12-11-15-25(26)29-28(30)22-13-9-8-10-14-22;1-14(2)19-12-20(24-13-21(19)27(4,5)6)18-9-7-8-16-17-11-10-15(3)25-23(17)26-22(16)18;/h8-13,15-18,20-21H,6-7H2,1-5H3;7-8,10-14H,1-6H3;/q2*-1;/i;14D;. The van der Waals surface area contributed by atoms with Gasteiger partial charge in [-0.3, -0.25) is 4.98 Å². The Morgan fingerprint density at radius 2 is 1.47 bits per heavy atom. The molecule has 2 unspecified atom stereocenters. The van der Waals surface area contributed by atoms with Crippen LogP contribution in [0.5, 0.6) is 0 Å². The summed E-state index contributed by atoms with van der Waals surface area (Å²) in [5.41, 5.74) is 13.6. The second-order valence-electron chi connectivity index (χ2n) is 16.8. The van der Waals surface area contributed by atoms with Gasteiger partial charge >= 0.3 is 0 Å². The summed E-state index contributed by atoms with van der Waals surface area (Å²) in [5, 5.41) is 3.24. The molecule has 301 valence electrons. The number of nitrogens with zero attached hydrogens (tertiary/aromatic N) is 4. The van der Waals surface area contributed by atoms with E-state index in [1.165, 1.54) is 27.6 Å². The quantitative estimate of drug-likeness (QED) is 0.107. The van der Waals surface area contributed by atoms with E-state index in [4.69, 9.17) is 15.8 Å². The second kappa shape index (κ2) is 17.7. The van der Waals surface area contributed by atoms with Crippen LogP contribution in [0.25, 0.3) is 61.4 Å². The third-order valence-corrected chi connectivity index (χ3v) is 13.3. The normalized spacial score (nSPS) is 13.2. The molecule has 5 nitrogen and oxygen atoms in total. The molecule has 0 saturated heterocycles. The van der Waals surface area contributed by atoms with Gasteiger partial charge in [-0.2, -0.15) is 0 Å². The molecular formula is C51H56IrN4OSi-2. The van der Waals surface area contributed by atoms with Crippen molar-refractivity contribution in [2.24, 2.45) is 0 Å². The van der Waals surface area contributed by atoms with Crippen LogP contribution < -0.4 is 5.19 Å². The van der Waals surface area contributed by atoms with Gasteiger partial charge in [0, 0.05) is 44.4 Å². The number of hydrogen-bond acceptors (Lipinski definition) is 4. The minimum absolute atomic E-state index is 0. The first kappa shape index (κ1) is 41.5. The van der Waals surface area contributed by atoms with Crippen molar-refractivity contribution in [2.75, 3.05) is 0 Å². The fraction of sp³-hybridized carbons (Fsp3) is 0.314. The van der Waals surface area contributed by atoms with Gasteiger partial charge in [0.2, 0.25) is 5.71 Å². The van der Waals surface area contributed by atoms with Crippen LogP contribution in [0.4, 0.5) is 0 Å². The smallest absolute Gasteiger partial charge is 0.216 e. The summed E-state index contributed by atoms with van der Waals surface area (Å²) in [5.74, 6) is 1.20. The number of hydrogen-bond donors (Lipinski definition) is 0. The van der Waals surface area contributed by atoms with Crippen molar-refractivity contribution in [1.82, 2.24) is 19.5 Å². The van der Waals surface area contributed by atoms with Gasteiger partial charge in [-0.05, 0) is 90.7 Å². The van der Waals surface area contributed by atoms with Crippen molar-refractivity contribution in [3.8, 4) is 28.3 Å². The first-order valence-electron chi connectivity index (χ1n) is 20.9. The number of benzene rings is 4. The zero-order valence-corrected chi connectivity index (χ0v) is 39.2. The number of pyridine rings is 2. The summed E-state index contributed by atoms with van der Waals surface area (Å²) in [4.78, 5) is 14.4. The van der Waals surface area contributed by atoms with E-state index < -0.39 is 14.0 Å². The number of fused-ring (bicyclic) bond motifs is 4. The first-order chi connectivity index (χ1) is 27.6. The molecular weight excluding hydrogens is 905 g/mol. The van der Waals surface area contributed by atoms with E-state index in [9.17, 15) is 0 Å². The molecule has 0 bridgehead atoms. The number of aryl methyl sites for hydroxylation is 2. The van der Waals surface area contributed by atoms with Crippen molar-refractivity contribution in [3.63, 3.8) is 0 Å². The van der Waals surface area contributed by atoms with Crippen molar-refractivity contribution >= 4 is 46.4 Å². The third kappa shape index (κ3) is 8.41. The molecule has 1 radical (unpaired) electrons. The molecule has 58 heavy (non-hydrogen) atoms. The van der Waals surface area contributed by atoms with E-state index in [1.54, 1.807) is 0 Å².